The van der Waals surface area contributed by atoms with E-state index in [1.54, 1.807) is 23.8 Å². The molecule has 3 aromatic heterocycles. The van der Waals surface area contributed by atoms with Gasteiger partial charge in [-0.1, -0.05) is 6.92 Å². The van der Waals surface area contributed by atoms with Crippen LogP contribution in [0.2, 0.25) is 0 Å². The Morgan fingerprint density at radius 3 is 2.24 bits per heavy atom. The van der Waals surface area contributed by atoms with Crippen molar-refractivity contribution < 1.29 is 65.7 Å². The SMILES string of the molecule is CC1C[C@@H](COP(=O)(O)OP(=O)(O)OP(=O)(O)OC[C@H]2O[C@@H](n3cnc4c(=O)[nH]c(N)nc43)C(O)C2O)O[C@H]1N1CN(C)c2c1nc(N)[nH]c2=O. The molecule has 0 radical (unpaired) electrons. The summed E-state index contributed by atoms with van der Waals surface area (Å²) in [5, 5.41) is 21.0. The number of hydrogen-bond acceptors (Lipinski definition) is 20. The van der Waals surface area contributed by atoms with Crippen LogP contribution in [0.25, 0.3) is 11.2 Å². The van der Waals surface area contributed by atoms with Crippen LogP contribution in [0.3, 0.4) is 0 Å². The summed E-state index contributed by atoms with van der Waals surface area (Å²) in [4.78, 5) is 74.5. The number of hydrogen-bond donors (Lipinski definition) is 9. The van der Waals surface area contributed by atoms with Gasteiger partial charge in [0.05, 0.1) is 32.3 Å². The summed E-state index contributed by atoms with van der Waals surface area (Å²) >= 11 is 0. The molecule has 11 N–H and O–H groups in total. The molecule has 0 aliphatic carbocycles. The molecule has 29 heteroatoms. The molecule has 3 aromatic rings. The molecule has 0 aromatic carbocycles. The summed E-state index contributed by atoms with van der Waals surface area (Å²) < 4.78 is 67.7. The van der Waals surface area contributed by atoms with Crippen molar-refractivity contribution in [2.45, 2.75) is 50.2 Å². The van der Waals surface area contributed by atoms with Gasteiger partial charge in [0.2, 0.25) is 11.9 Å². The third-order valence-electron chi connectivity index (χ3n) is 7.97. The van der Waals surface area contributed by atoms with Crippen molar-refractivity contribution in [2.24, 2.45) is 5.92 Å². The van der Waals surface area contributed by atoms with Gasteiger partial charge in [0.15, 0.2) is 23.2 Å². The standard InChI is InChI=1S/C22H33N10O16P3/c1-8-3-9(45-19(8)32-7-30(2)12-16(32)27-22(24)29-18(12)36)4-43-49(37,38)47-51(41,42)48-50(39,40)44-5-10-13(33)14(34)20(46-10)31-6-25-11-15(31)26-21(23)28-17(11)35/h6,8-10,13-14,19-20,33-34H,3-5,7H2,1-2H3,(H,37,38)(H,39,40)(H,41,42)(H3,23,26,28,35)(H3,24,27,29,36)/t8?,9-,10+,13?,14?,19+,20+/m0/s1. The highest BCUT2D eigenvalue weighted by Gasteiger charge is 2.48. The number of imidazole rings is 1. The number of nitrogens with one attached hydrogen (secondary N) is 2. The number of rotatable bonds is 12. The van der Waals surface area contributed by atoms with E-state index < -0.39 is 84.7 Å². The maximum absolute atomic E-state index is 12.5. The average Bonchev–Trinajstić information content (AvgIpc) is 3.74. The first kappa shape index (κ1) is 37.4. The van der Waals surface area contributed by atoms with Crippen molar-refractivity contribution >= 4 is 58.0 Å². The Morgan fingerprint density at radius 2 is 1.55 bits per heavy atom. The Bertz CT molecular complexity index is 2080. The number of ether oxygens (including phenoxy) is 2. The van der Waals surface area contributed by atoms with E-state index in [9.17, 15) is 48.2 Å². The van der Waals surface area contributed by atoms with E-state index in [0.717, 1.165) is 10.9 Å². The number of nitrogens with zero attached hydrogens (tertiary/aromatic N) is 6. The summed E-state index contributed by atoms with van der Waals surface area (Å²) in [5.74, 6) is -0.372. The second-order valence-corrected chi connectivity index (χ2v) is 16.4. The molecule has 10 atom stereocenters. The molecule has 6 unspecified atom stereocenters. The first-order valence-electron chi connectivity index (χ1n) is 14.7. The Kier molecular flexibility index (Phi) is 9.97. The smallest absolute Gasteiger partial charge is 0.387 e. The maximum Gasteiger partial charge on any atom is 0.490 e. The van der Waals surface area contributed by atoms with E-state index in [1.807, 2.05) is 0 Å². The number of nitrogen functional groups attached to an aromatic ring is 2. The van der Waals surface area contributed by atoms with Crippen LogP contribution in [-0.2, 0) is 40.8 Å². The number of aliphatic hydroxyl groups excluding tert-OH is 2. The number of H-pyrrole nitrogens is 2. The van der Waals surface area contributed by atoms with E-state index in [-0.39, 0.29) is 53.6 Å². The molecule has 2 fully saturated rings. The summed E-state index contributed by atoms with van der Waals surface area (Å²) in [6.45, 7) is 0.323. The average molecular weight is 786 g/mol. The third-order valence-corrected chi connectivity index (χ3v) is 12.2. The lowest BCUT2D eigenvalue weighted by molar-refractivity contribution is -0.0503. The highest BCUT2D eigenvalue weighted by Crippen LogP contribution is 2.68. The van der Waals surface area contributed by atoms with Crippen molar-refractivity contribution in [3.63, 3.8) is 0 Å². The molecular weight excluding hydrogens is 753 g/mol. The van der Waals surface area contributed by atoms with Crippen LogP contribution in [0.1, 0.15) is 19.6 Å². The molecule has 26 nitrogen and oxygen atoms in total. The van der Waals surface area contributed by atoms with Crippen molar-refractivity contribution in [3.8, 4) is 0 Å². The summed E-state index contributed by atoms with van der Waals surface area (Å²) in [5.41, 5.74) is 10.1. The molecule has 51 heavy (non-hydrogen) atoms. The lowest BCUT2D eigenvalue weighted by Gasteiger charge is -2.28. The topological polar surface area (TPSA) is 376 Å². The van der Waals surface area contributed by atoms with Crippen LogP contribution in [0, 0.1) is 5.92 Å². The van der Waals surface area contributed by atoms with Gasteiger partial charge in [-0.2, -0.15) is 18.6 Å². The molecule has 2 saturated heterocycles. The lowest BCUT2D eigenvalue weighted by atomic mass is 10.1. The van der Waals surface area contributed by atoms with Crippen LogP contribution in [0.4, 0.5) is 23.4 Å². The first-order chi connectivity index (χ1) is 23.7. The predicted octanol–water partition coefficient (Wildman–Crippen LogP) is -1.98. The van der Waals surface area contributed by atoms with Crippen LogP contribution in [-0.4, -0.2) is 112 Å². The predicted molar refractivity (Wildman–Crippen MR) is 169 cm³/mol. The minimum Gasteiger partial charge on any atom is -0.387 e. The minimum absolute atomic E-state index is 0.114. The number of aromatic nitrogens is 6. The van der Waals surface area contributed by atoms with E-state index in [0.29, 0.717) is 0 Å². The van der Waals surface area contributed by atoms with Crippen LogP contribution in [0.5, 0.6) is 0 Å². The lowest BCUT2D eigenvalue weighted by Crippen LogP contribution is -2.41. The van der Waals surface area contributed by atoms with Gasteiger partial charge in [-0.3, -0.25) is 33.2 Å². The second kappa shape index (κ2) is 13.6. The van der Waals surface area contributed by atoms with Crippen LogP contribution < -0.4 is 32.4 Å². The number of phosphoric acid groups is 3. The molecule has 0 saturated carbocycles. The highest BCUT2D eigenvalue weighted by atomic mass is 31.3. The molecule has 6 rings (SSSR count). The first-order valence-corrected chi connectivity index (χ1v) is 19.2. The molecule has 0 amide bonds. The van der Waals surface area contributed by atoms with Gasteiger partial charge in [0, 0.05) is 13.0 Å². The van der Waals surface area contributed by atoms with Crippen LogP contribution in [0.15, 0.2) is 15.9 Å². The molecule has 282 valence electrons. The van der Waals surface area contributed by atoms with E-state index in [4.69, 9.17) is 25.5 Å². The second-order valence-electron chi connectivity index (χ2n) is 11.8. The van der Waals surface area contributed by atoms with Gasteiger partial charge in [-0.05, 0) is 6.42 Å². The molecule has 0 spiro atoms. The zero-order valence-corrected chi connectivity index (χ0v) is 29.0. The van der Waals surface area contributed by atoms with Crippen molar-refractivity contribution in [2.75, 3.05) is 48.2 Å². The minimum atomic E-state index is -5.87. The third kappa shape index (κ3) is 7.75. The summed E-state index contributed by atoms with van der Waals surface area (Å²) in [6.07, 6.45) is -6.76. The van der Waals surface area contributed by atoms with Gasteiger partial charge in [0.25, 0.3) is 11.1 Å². The number of fused-ring (bicyclic) bond motifs is 2. The number of phosphoric ester groups is 2. The normalized spacial score (nSPS) is 30.0. The molecular formula is C22H33N10O16P3. The quantitative estimate of drug-likeness (QED) is 0.0898. The van der Waals surface area contributed by atoms with Gasteiger partial charge in [-0.25, -0.2) is 18.7 Å². The van der Waals surface area contributed by atoms with Crippen molar-refractivity contribution in [3.05, 3.63) is 27.0 Å². The number of aliphatic hydroxyl groups is 2. The van der Waals surface area contributed by atoms with Crippen molar-refractivity contribution in [1.82, 2.24) is 29.5 Å². The fourth-order valence-electron chi connectivity index (χ4n) is 5.88. The van der Waals surface area contributed by atoms with Gasteiger partial charge in [-0.15, -0.1) is 0 Å². The van der Waals surface area contributed by atoms with Crippen LogP contribution >= 0.6 is 23.5 Å². The Hall–Kier alpha value is -3.32. The number of nitrogens with two attached hydrogens (primary N) is 2. The Labute approximate surface area is 284 Å². The molecule has 0 bridgehead atoms. The summed E-state index contributed by atoms with van der Waals surface area (Å²) in [6, 6.07) is 0. The monoisotopic (exact) mass is 786 g/mol. The largest absolute Gasteiger partial charge is 0.490 e. The van der Waals surface area contributed by atoms with Gasteiger partial charge in [0.1, 0.15) is 30.2 Å². The van der Waals surface area contributed by atoms with E-state index in [2.05, 4.69) is 38.1 Å². The zero-order valence-electron chi connectivity index (χ0n) is 26.4. The highest BCUT2D eigenvalue weighted by molar-refractivity contribution is 7.66. The fourth-order valence-corrected chi connectivity index (χ4v) is 9.42. The maximum atomic E-state index is 12.5. The van der Waals surface area contributed by atoms with E-state index in [1.165, 1.54) is 0 Å². The van der Waals surface area contributed by atoms with Gasteiger partial charge < -0.3 is 55.6 Å². The zero-order chi connectivity index (χ0) is 37.2. The Morgan fingerprint density at radius 1 is 0.922 bits per heavy atom. The number of anilines is 4. The summed E-state index contributed by atoms with van der Waals surface area (Å²) in [7, 11) is -15.3. The Balaban J connectivity index is 1.01. The molecule has 3 aliphatic rings. The molecule has 6 heterocycles. The van der Waals surface area contributed by atoms with Crippen molar-refractivity contribution in [1.29, 1.82) is 0 Å². The van der Waals surface area contributed by atoms with E-state index >= 15 is 0 Å². The molecule has 3 aliphatic heterocycles. The fraction of sp³-hybridized carbons (Fsp3) is 0.591. The van der Waals surface area contributed by atoms with Gasteiger partial charge >= 0.3 is 23.5 Å². The number of aromatic amines is 2.